The maximum absolute atomic E-state index is 12.8. The van der Waals surface area contributed by atoms with Crippen LogP contribution in [-0.2, 0) is 49.7 Å². The van der Waals surface area contributed by atoms with Crippen LogP contribution in [0.4, 0.5) is 0 Å². The van der Waals surface area contributed by atoms with Crippen LogP contribution in [0.25, 0.3) is 22.3 Å². The molecule has 322 valence electrons. The van der Waals surface area contributed by atoms with E-state index in [0.717, 1.165) is 27.8 Å². The molecule has 2 unspecified atom stereocenters. The van der Waals surface area contributed by atoms with Crippen molar-refractivity contribution in [3.05, 3.63) is 131 Å². The molecule has 0 saturated heterocycles. The standard InChI is InChI=1S/C24H27NO5.C19H19NO4.C2H6O.C2H6.W/c1-14(2)28-21(26)13-19-18-12-17(16-8-6-5-7-9-16)10-11-20(18)30-23(25)22(19)24(27)29-15(3)4;1-2-23-19(22)16-15(11-21)14-10-6-9-13(17(14)24-18(16)20)12-7-4-3-5-8-12;1-2-3;1-2;/h5-12,14-15,19H,13,25H2,1-4H3;3-10,15,21H,2,11,20H2,1H3;3H,2H2,1H3;1-2H3;. The van der Waals surface area contributed by atoms with Gasteiger partial charge in [-0.2, -0.15) is 0 Å². The van der Waals surface area contributed by atoms with E-state index < -0.39 is 29.7 Å². The Hall–Kier alpha value is -5.42. The minimum absolute atomic E-state index is 0. The van der Waals surface area contributed by atoms with Crippen LogP contribution in [0.5, 0.6) is 11.5 Å². The fourth-order valence-corrected chi connectivity index (χ4v) is 6.36. The number of hydrogen-bond acceptors (Lipinski definition) is 12. The maximum Gasteiger partial charge on any atom is 0.340 e. The number of aliphatic hydroxyl groups is 2. The van der Waals surface area contributed by atoms with Gasteiger partial charge in [-0.3, -0.25) is 4.79 Å². The van der Waals surface area contributed by atoms with Crippen molar-refractivity contribution in [2.45, 2.75) is 85.9 Å². The average molecular weight is 995 g/mol. The van der Waals surface area contributed by atoms with Crippen molar-refractivity contribution in [1.82, 2.24) is 0 Å². The third-order valence-electron chi connectivity index (χ3n) is 8.64. The quantitative estimate of drug-likeness (QED) is 0.0891. The second kappa shape index (κ2) is 25.3. The molecule has 60 heavy (non-hydrogen) atoms. The number of nitrogens with two attached hydrogens (primary N) is 2. The van der Waals surface area contributed by atoms with Crippen LogP contribution < -0.4 is 20.9 Å². The normalized spacial score (nSPS) is 14.7. The van der Waals surface area contributed by atoms with Gasteiger partial charge in [-0.25, -0.2) is 9.59 Å². The van der Waals surface area contributed by atoms with Gasteiger partial charge in [0.15, 0.2) is 0 Å². The molecular formula is C47H58N2O10W. The molecule has 0 saturated carbocycles. The van der Waals surface area contributed by atoms with E-state index in [4.69, 9.17) is 40.3 Å². The van der Waals surface area contributed by atoms with Gasteiger partial charge in [-0.15, -0.1) is 0 Å². The smallest absolute Gasteiger partial charge is 0.340 e. The van der Waals surface area contributed by atoms with E-state index in [1.807, 2.05) is 105 Å². The van der Waals surface area contributed by atoms with Crippen LogP contribution in [0.15, 0.2) is 120 Å². The molecule has 0 radical (unpaired) electrons. The molecule has 6 N–H and O–H groups in total. The predicted molar refractivity (Wildman–Crippen MR) is 228 cm³/mol. The summed E-state index contributed by atoms with van der Waals surface area (Å²) in [5.41, 5.74) is 17.6. The number of carbonyl (C=O) groups is 3. The van der Waals surface area contributed by atoms with Gasteiger partial charge in [-0.05, 0) is 70.4 Å². The molecule has 0 aliphatic carbocycles. The molecule has 4 aromatic carbocycles. The van der Waals surface area contributed by atoms with Crippen molar-refractivity contribution in [3.63, 3.8) is 0 Å². The topological polar surface area (TPSA) is 190 Å². The molecule has 2 aliphatic rings. The van der Waals surface area contributed by atoms with Gasteiger partial charge >= 0.3 is 17.9 Å². The number of hydrogen-bond donors (Lipinski definition) is 4. The summed E-state index contributed by atoms with van der Waals surface area (Å²) in [6.45, 7) is 14.7. The summed E-state index contributed by atoms with van der Waals surface area (Å²) in [4.78, 5) is 37.5. The zero-order valence-electron chi connectivity index (χ0n) is 35.6. The van der Waals surface area contributed by atoms with Gasteiger partial charge in [0.2, 0.25) is 11.8 Å². The van der Waals surface area contributed by atoms with E-state index in [2.05, 4.69) is 0 Å². The number of esters is 3. The summed E-state index contributed by atoms with van der Waals surface area (Å²) in [6.07, 6.45) is -0.645. The monoisotopic (exact) mass is 994 g/mol. The predicted octanol–water partition coefficient (Wildman–Crippen LogP) is 7.87. The summed E-state index contributed by atoms with van der Waals surface area (Å²) in [7, 11) is 0. The summed E-state index contributed by atoms with van der Waals surface area (Å²) in [5.74, 6) is -1.79. The van der Waals surface area contributed by atoms with Gasteiger partial charge in [0, 0.05) is 56.2 Å². The van der Waals surface area contributed by atoms with E-state index in [9.17, 15) is 19.5 Å². The minimum Gasteiger partial charge on any atom is -0.463 e. The van der Waals surface area contributed by atoms with E-state index in [1.165, 1.54) is 0 Å². The first-order valence-electron chi connectivity index (χ1n) is 19.9. The fraction of sp³-hybridized carbons (Fsp3) is 0.340. The molecular weight excluding hydrogens is 936 g/mol. The van der Waals surface area contributed by atoms with E-state index in [1.54, 1.807) is 47.6 Å². The summed E-state index contributed by atoms with van der Waals surface area (Å²) < 4.78 is 27.3. The fourth-order valence-electron chi connectivity index (χ4n) is 6.36. The summed E-state index contributed by atoms with van der Waals surface area (Å²) in [5, 5.41) is 17.4. The zero-order valence-corrected chi connectivity index (χ0v) is 38.5. The molecule has 0 fully saturated rings. The average Bonchev–Trinajstić information content (AvgIpc) is 3.21. The molecule has 0 bridgehead atoms. The Morgan fingerprint density at radius 3 is 1.77 bits per heavy atom. The molecule has 2 aliphatic heterocycles. The van der Waals surface area contributed by atoms with Gasteiger partial charge in [0.25, 0.3) is 0 Å². The van der Waals surface area contributed by atoms with Gasteiger partial charge < -0.3 is 45.4 Å². The molecule has 2 atom stereocenters. The number of para-hydroxylation sites is 1. The number of ether oxygens (including phenoxy) is 5. The van der Waals surface area contributed by atoms with Crippen molar-refractivity contribution in [1.29, 1.82) is 0 Å². The first kappa shape index (κ1) is 50.7. The molecule has 4 aromatic rings. The van der Waals surface area contributed by atoms with Crippen LogP contribution in [0.3, 0.4) is 0 Å². The van der Waals surface area contributed by atoms with Crippen LogP contribution >= 0.6 is 0 Å². The zero-order chi connectivity index (χ0) is 43.6. The molecule has 0 spiro atoms. The minimum atomic E-state index is -0.630. The van der Waals surface area contributed by atoms with Crippen molar-refractivity contribution in [2.24, 2.45) is 11.5 Å². The molecule has 12 nitrogen and oxygen atoms in total. The van der Waals surface area contributed by atoms with Gasteiger partial charge in [0.1, 0.15) is 22.6 Å². The van der Waals surface area contributed by atoms with Crippen LogP contribution in [0.2, 0.25) is 0 Å². The van der Waals surface area contributed by atoms with Crippen molar-refractivity contribution < 1.29 is 69.3 Å². The second-order valence-corrected chi connectivity index (χ2v) is 13.5. The number of fused-ring (bicyclic) bond motifs is 2. The molecule has 0 aromatic heterocycles. The summed E-state index contributed by atoms with van der Waals surface area (Å²) in [6, 6.07) is 30.8. The Bertz CT molecular complexity index is 2070. The molecule has 6 rings (SSSR count). The van der Waals surface area contributed by atoms with E-state index in [-0.39, 0.29) is 82.4 Å². The van der Waals surface area contributed by atoms with Crippen molar-refractivity contribution in [3.8, 4) is 33.8 Å². The summed E-state index contributed by atoms with van der Waals surface area (Å²) >= 11 is 0. The molecule has 13 heteroatoms. The van der Waals surface area contributed by atoms with Crippen LogP contribution in [0.1, 0.15) is 84.8 Å². The SMILES string of the molecule is CC.CC(C)OC(=O)CC1C(C(=O)OC(C)C)=C(N)Oc2ccc(-c3ccccc3)cc21.CCO.CCOC(=O)C1=C(N)Oc2c(-c3ccccc3)cccc2C1CO.[W]. The largest absolute Gasteiger partial charge is 0.463 e. The Kier molecular flexibility index (Phi) is 21.4. The van der Waals surface area contributed by atoms with Gasteiger partial charge in [-0.1, -0.05) is 98.8 Å². The number of carbonyl (C=O) groups excluding carboxylic acids is 3. The van der Waals surface area contributed by atoms with Crippen molar-refractivity contribution >= 4 is 17.9 Å². The Morgan fingerprint density at radius 2 is 1.22 bits per heavy atom. The molecule has 2 heterocycles. The Morgan fingerprint density at radius 1 is 0.667 bits per heavy atom. The van der Waals surface area contributed by atoms with Gasteiger partial charge in [0.05, 0.1) is 31.8 Å². The number of rotatable bonds is 10. The van der Waals surface area contributed by atoms with E-state index in [0.29, 0.717) is 17.1 Å². The second-order valence-electron chi connectivity index (χ2n) is 13.5. The van der Waals surface area contributed by atoms with Crippen molar-refractivity contribution in [2.75, 3.05) is 19.8 Å². The Balaban J connectivity index is 0.000000374. The first-order valence-corrected chi connectivity index (χ1v) is 19.9. The Labute approximate surface area is 367 Å². The molecule has 0 amide bonds. The maximum atomic E-state index is 12.8. The number of aliphatic hydroxyl groups excluding tert-OH is 2. The number of benzene rings is 4. The van der Waals surface area contributed by atoms with E-state index >= 15 is 0 Å². The first-order chi connectivity index (χ1) is 28.3. The third-order valence-corrected chi connectivity index (χ3v) is 8.64. The van der Waals surface area contributed by atoms with Crippen LogP contribution in [0, 0.1) is 0 Å². The third kappa shape index (κ3) is 13.3. The van der Waals surface area contributed by atoms with Crippen LogP contribution in [-0.4, -0.2) is 60.1 Å².